The Hall–Kier alpha value is -2.47. The van der Waals surface area contributed by atoms with Crippen LogP contribution in [0.2, 0.25) is 0 Å². The fourth-order valence-corrected chi connectivity index (χ4v) is 3.54. The standard InChI is InChI=1S/C19H21FN4O/c1-12-13(2)21-18-9-17(22-24(18)19(12)25)15-7-8-23(11-15)10-14-5-3-4-6-16(14)20/h3-6,9,15,22H,7-8,10-11H2,1-2H3. The Labute approximate surface area is 145 Å². The van der Waals surface area contributed by atoms with Crippen LogP contribution in [0.25, 0.3) is 5.65 Å². The molecule has 0 aliphatic carbocycles. The molecule has 0 amide bonds. The van der Waals surface area contributed by atoms with Crippen LogP contribution in [0.15, 0.2) is 35.1 Å². The minimum atomic E-state index is -0.154. The van der Waals surface area contributed by atoms with Crippen LogP contribution in [-0.2, 0) is 6.54 Å². The number of fused-ring (bicyclic) bond motifs is 1. The highest BCUT2D eigenvalue weighted by molar-refractivity contribution is 5.42. The van der Waals surface area contributed by atoms with Crippen LogP contribution >= 0.6 is 0 Å². The Bertz CT molecular complexity index is 991. The number of nitrogens with zero attached hydrogens (tertiary/aromatic N) is 3. The van der Waals surface area contributed by atoms with E-state index in [2.05, 4.69) is 15.0 Å². The summed E-state index contributed by atoms with van der Waals surface area (Å²) in [5.74, 6) is 0.145. The van der Waals surface area contributed by atoms with Crippen molar-refractivity contribution in [3.63, 3.8) is 0 Å². The minimum Gasteiger partial charge on any atom is -0.298 e. The fourth-order valence-electron chi connectivity index (χ4n) is 3.54. The van der Waals surface area contributed by atoms with Crippen LogP contribution in [0.4, 0.5) is 4.39 Å². The van der Waals surface area contributed by atoms with Gasteiger partial charge in [0.05, 0.1) is 0 Å². The van der Waals surface area contributed by atoms with Crippen molar-refractivity contribution in [2.75, 3.05) is 13.1 Å². The van der Waals surface area contributed by atoms with Gasteiger partial charge in [-0.2, -0.15) is 0 Å². The molecular formula is C19H21FN4O. The third kappa shape index (κ3) is 2.87. The number of aromatic nitrogens is 3. The summed E-state index contributed by atoms with van der Waals surface area (Å²) in [6, 6.07) is 8.88. The second-order valence-electron chi connectivity index (χ2n) is 6.84. The van der Waals surface area contributed by atoms with Gasteiger partial charge < -0.3 is 0 Å². The van der Waals surface area contributed by atoms with Crippen LogP contribution in [-0.4, -0.2) is 32.6 Å². The number of aromatic amines is 1. The van der Waals surface area contributed by atoms with Crippen LogP contribution in [0.1, 0.15) is 34.9 Å². The molecule has 3 heterocycles. The molecule has 130 valence electrons. The van der Waals surface area contributed by atoms with E-state index in [9.17, 15) is 9.18 Å². The van der Waals surface area contributed by atoms with Gasteiger partial charge in [0.15, 0.2) is 5.65 Å². The minimum absolute atomic E-state index is 0.0463. The van der Waals surface area contributed by atoms with Gasteiger partial charge in [0.1, 0.15) is 5.82 Å². The third-order valence-electron chi connectivity index (χ3n) is 5.17. The smallest absolute Gasteiger partial charge is 0.275 e. The Morgan fingerprint density at radius 1 is 1.32 bits per heavy atom. The van der Waals surface area contributed by atoms with E-state index in [-0.39, 0.29) is 11.4 Å². The summed E-state index contributed by atoms with van der Waals surface area (Å²) in [6.45, 7) is 6.01. The Morgan fingerprint density at radius 2 is 2.12 bits per heavy atom. The first kappa shape index (κ1) is 16.0. The van der Waals surface area contributed by atoms with Gasteiger partial charge in [-0.15, -0.1) is 0 Å². The van der Waals surface area contributed by atoms with E-state index in [1.807, 2.05) is 25.1 Å². The van der Waals surface area contributed by atoms with Gasteiger partial charge in [0, 0.05) is 47.6 Å². The van der Waals surface area contributed by atoms with E-state index in [4.69, 9.17) is 0 Å². The van der Waals surface area contributed by atoms with Gasteiger partial charge >= 0.3 is 0 Å². The largest absolute Gasteiger partial charge is 0.298 e. The Morgan fingerprint density at radius 3 is 2.92 bits per heavy atom. The molecule has 1 atom stereocenters. The first-order valence-corrected chi connectivity index (χ1v) is 8.57. The molecule has 3 aromatic rings. The van der Waals surface area contributed by atoms with Crippen molar-refractivity contribution in [2.45, 2.75) is 32.7 Å². The van der Waals surface area contributed by atoms with Gasteiger partial charge in [-0.1, -0.05) is 18.2 Å². The lowest BCUT2D eigenvalue weighted by Gasteiger charge is -2.16. The van der Waals surface area contributed by atoms with Gasteiger partial charge in [0.2, 0.25) is 0 Å². The molecule has 1 aromatic carbocycles. The van der Waals surface area contributed by atoms with Crippen LogP contribution in [0.5, 0.6) is 0 Å². The maximum absolute atomic E-state index is 13.8. The van der Waals surface area contributed by atoms with Crippen molar-refractivity contribution >= 4 is 5.65 Å². The zero-order valence-corrected chi connectivity index (χ0v) is 14.4. The Kier molecular flexibility index (Phi) is 3.92. The van der Waals surface area contributed by atoms with E-state index in [1.165, 1.54) is 10.6 Å². The van der Waals surface area contributed by atoms with Gasteiger partial charge in [-0.3, -0.25) is 14.8 Å². The summed E-state index contributed by atoms with van der Waals surface area (Å²) in [5, 5.41) is 3.21. The maximum Gasteiger partial charge on any atom is 0.275 e. The predicted molar refractivity (Wildman–Crippen MR) is 94.3 cm³/mol. The lowest BCUT2D eigenvalue weighted by Crippen LogP contribution is -2.21. The molecule has 1 fully saturated rings. The monoisotopic (exact) mass is 340 g/mol. The van der Waals surface area contributed by atoms with Crippen molar-refractivity contribution < 1.29 is 4.39 Å². The molecule has 25 heavy (non-hydrogen) atoms. The Balaban J connectivity index is 1.56. The van der Waals surface area contributed by atoms with Crippen LogP contribution in [0.3, 0.4) is 0 Å². The normalized spacial score (nSPS) is 18.3. The van der Waals surface area contributed by atoms with E-state index in [0.29, 0.717) is 23.7 Å². The molecule has 1 N–H and O–H groups in total. The molecule has 0 bridgehead atoms. The van der Waals surface area contributed by atoms with Crippen molar-refractivity contribution in [1.82, 2.24) is 19.5 Å². The van der Waals surface area contributed by atoms with E-state index in [1.54, 1.807) is 13.0 Å². The number of hydrogen-bond donors (Lipinski definition) is 1. The fraction of sp³-hybridized carbons (Fsp3) is 0.368. The van der Waals surface area contributed by atoms with Crippen molar-refractivity contribution in [1.29, 1.82) is 0 Å². The van der Waals surface area contributed by atoms with Crippen molar-refractivity contribution in [2.24, 2.45) is 0 Å². The number of rotatable bonds is 3. The SMILES string of the molecule is Cc1nc2cc(C3CCN(Cc4ccccc4F)C3)[nH]n2c(=O)c1C. The number of nitrogens with one attached hydrogen (secondary N) is 1. The third-order valence-corrected chi connectivity index (χ3v) is 5.17. The van der Waals surface area contributed by atoms with Gasteiger partial charge in [-0.25, -0.2) is 13.9 Å². The zero-order chi connectivity index (χ0) is 17.6. The first-order chi connectivity index (χ1) is 12.0. The molecule has 6 heteroatoms. The molecule has 1 unspecified atom stereocenters. The van der Waals surface area contributed by atoms with E-state index < -0.39 is 0 Å². The van der Waals surface area contributed by atoms with Crippen molar-refractivity contribution in [3.05, 3.63) is 69.0 Å². The molecule has 1 aliphatic heterocycles. The summed E-state index contributed by atoms with van der Waals surface area (Å²) >= 11 is 0. The summed E-state index contributed by atoms with van der Waals surface area (Å²) < 4.78 is 15.4. The molecule has 5 nitrogen and oxygen atoms in total. The van der Waals surface area contributed by atoms with Gasteiger partial charge in [0.25, 0.3) is 5.56 Å². The second-order valence-corrected chi connectivity index (χ2v) is 6.84. The average molecular weight is 340 g/mol. The molecule has 0 spiro atoms. The number of benzene rings is 1. The molecule has 1 aliphatic rings. The van der Waals surface area contributed by atoms with Crippen LogP contribution < -0.4 is 5.56 Å². The quantitative estimate of drug-likeness (QED) is 0.798. The first-order valence-electron chi connectivity index (χ1n) is 8.57. The van der Waals surface area contributed by atoms with E-state index in [0.717, 1.165) is 36.5 Å². The summed E-state index contributed by atoms with van der Waals surface area (Å²) in [6.07, 6.45) is 0.980. The molecule has 2 aromatic heterocycles. The maximum atomic E-state index is 13.8. The zero-order valence-electron chi connectivity index (χ0n) is 14.4. The lowest BCUT2D eigenvalue weighted by atomic mass is 10.1. The number of likely N-dealkylation sites (tertiary alicyclic amines) is 1. The van der Waals surface area contributed by atoms with Crippen LogP contribution in [0, 0.1) is 19.7 Å². The predicted octanol–water partition coefficient (Wildman–Crippen LogP) is 2.77. The second kappa shape index (κ2) is 6.11. The number of hydrogen-bond acceptors (Lipinski definition) is 3. The molecular weight excluding hydrogens is 319 g/mol. The average Bonchev–Trinajstić information content (AvgIpc) is 3.22. The molecule has 0 radical (unpaired) electrons. The van der Waals surface area contributed by atoms with Gasteiger partial charge in [-0.05, 0) is 32.9 Å². The summed E-state index contributed by atoms with van der Waals surface area (Å²) in [4.78, 5) is 19.1. The van der Waals surface area contributed by atoms with E-state index >= 15 is 0 Å². The summed E-state index contributed by atoms with van der Waals surface area (Å²) in [7, 11) is 0. The number of aryl methyl sites for hydroxylation is 1. The topological polar surface area (TPSA) is 53.4 Å². The highest BCUT2D eigenvalue weighted by Crippen LogP contribution is 2.28. The highest BCUT2D eigenvalue weighted by Gasteiger charge is 2.26. The molecule has 1 saturated heterocycles. The number of H-pyrrole nitrogens is 1. The lowest BCUT2D eigenvalue weighted by molar-refractivity contribution is 0.320. The number of halogens is 1. The summed E-state index contributed by atoms with van der Waals surface area (Å²) in [5.41, 5.74) is 3.79. The molecule has 4 rings (SSSR count). The molecule has 0 saturated carbocycles. The van der Waals surface area contributed by atoms with Crippen molar-refractivity contribution in [3.8, 4) is 0 Å². The highest BCUT2D eigenvalue weighted by atomic mass is 19.1.